The molecule has 1 aromatic rings. The Morgan fingerprint density at radius 1 is 1.42 bits per heavy atom. The zero-order valence-corrected chi connectivity index (χ0v) is 12.4. The molecule has 1 amide bonds. The van der Waals surface area contributed by atoms with Crippen LogP contribution in [0.5, 0.6) is 0 Å². The van der Waals surface area contributed by atoms with Gasteiger partial charge in [-0.15, -0.1) is 0 Å². The molecule has 3 N–H and O–H groups in total. The van der Waals surface area contributed by atoms with E-state index in [1.54, 1.807) is 18.2 Å². The molecule has 5 heteroatoms. The third-order valence-electron chi connectivity index (χ3n) is 2.37. The summed E-state index contributed by atoms with van der Waals surface area (Å²) in [6.07, 6.45) is 1.06. The van der Waals surface area contributed by atoms with Gasteiger partial charge in [0.2, 0.25) is 5.91 Å². The van der Waals surface area contributed by atoms with Gasteiger partial charge in [0, 0.05) is 18.1 Å². The first-order valence-corrected chi connectivity index (χ1v) is 6.64. The van der Waals surface area contributed by atoms with Crippen LogP contribution in [0, 0.1) is 0 Å². The van der Waals surface area contributed by atoms with Gasteiger partial charge < -0.3 is 15.8 Å². The Morgan fingerprint density at radius 2 is 2.11 bits per heavy atom. The normalized spacial score (nSPS) is 11.4. The van der Waals surface area contributed by atoms with Crippen LogP contribution in [0.3, 0.4) is 0 Å². The van der Waals surface area contributed by atoms with Crippen LogP contribution in [0.2, 0.25) is 5.02 Å². The van der Waals surface area contributed by atoms with Gasteiger partial charge in [0.05, 0.1) is 17.0 Å². The van der Waals surface area contributed by atoms with Crippen LogP contribution >= 0.6 is 11.6 Å². The van der Waals surface area contributed by atoms with Crippen LogP contribution < -0.4 is 11.1 Å². The van der Waals surface area contributed by atoms with Crippen molar-refractivity contribution in [2.45, 2.75) is 39.2 Å². The van der Waals surface area contributed by atoms with Gasteiger partial charge >= 0.3 is 0 Å². The first-order chi connectivity index (χ1) is 8.78. The van der Waals surface area contributed by atoms with E-state index in [0.29, 0.717) is 35.8 Å². The van der Waals surface area contributed by atoms with Gasteiger partial charge in [0.1, 0.15) is 0 Å². The third kappa shape index (κ3) is 6.45. The number of nitrogens with one attached hydrogen (secondary N) is 1. The van der Waals surface area contributed by atoms with Crippen LogP contribution in [-0.2, 0) is 9.53 Å². The molecule has 0 aliphatic rings. The minimum Gasteiger partial charge on any atom is -0.397 e. The summed E-state index contributed by atoms with van der Waals surface area (Å²) in [6, 6.07) is 4.99. The van der Waals surface area contributed by atoms with Crippen LogP contribution in [0.4, 0.5) is 11.4 Å². The number of carbonyl (C=O) groups is 1. The molecule has 0 fully saturated rings. The van der Waals surface area contributed by atoms with Crippen molar-refractivity contribution in [1.29, 1.82) is 0 Å². The van der Waals surface area contributed by atoms with Crippen molar-refractivity contribution in [2.75, 3.05) is 17.7 Å². The van der Waals surface area contributed by atoms with E-state index >= 15 is 0 Å². The van der Waals surface area contributed by atoms with Crippen LogP contribution in [-0.4, -0.2) is 18.1 Å². The van der Waals surface area contributed by atoms with Crippen LogP contribution in [0.25, 0.3) is 0 Å². The first-order valence-electron chi connectivity index (χ1n) is 6.27. The Balaban J connectivity index is 2.37. The monoisotopic (exact) mass is 284 g/mol. The van der Waals surface area contributed by atoms with E-state index in [9.17, 15) is 4.79 Å². The Labute approximate surface area is 119 Å². The zero-order chi connectivity index (χ0) is 14.5. The SMILES string of the molecule is CC(C)(C)OCCCC(=O)Nc1cc(Cl)ccc1N. The van der Waals surface area contributed by atoms with Crippen molar-refractivity contribution in [3.05, 3.63) is 23.2 Å². The summed E-state index contributed by atoms with van der Waals surface area (Å²) in [4.78, 5) is 11.7. The molecule has 0 saturated heterocycles. The van der Waals surface area contributed by atoms with Crippen molar-refractivity contribution < 1.29 is 9.53 Å². The van der Waals surface area contributed by atoms with Crippen molar-refractivity contribution in [3.8, 4) is 0 Å². The number of hydrogen-bond acceptors (Lipinski definition) is 3. The molecule has 0 aromatic heterocycles. The molecule has 0 bridgehead atoms. The minimum absolute atomic E-state index is 0.0912. The Morgan fingerprint density at radius 3 is 2.74 bits per heavy atom. The molecule has 0 aliphatic heterocycles. The third-order valence-corrected chi connectivity index (χ3v) is 2.61. The number of benzene rings is 1. The molecule has 19 heavy (non-hydrogen) atoms. The lowest BCUT2D eigenvalue weighted by molar-refractivity contribution is -0.116. The Bertz CT molecular complexity index is 442. The lowest BCUT2D eigenvalue weighted by atomic mass is 10.2. The molecule has 0 saturated carbocycles. The summed E-state index contributed by atoms with van der Waals surface area (Å²) in [5, 5.41) is 3.29. The highest BCUT2D eigenvalue weighted by Crippen LogP contribution is 2.23. The van der Waals surface area contributed by atoms with Crippen molar-refractivity contribution in [3.63, 3.8) is 0 Å². The maximum Gasteiger partial charge on any atom is 0.224 e. The molecule has 0 spiro atoms. The molecular weight excluding hydrogens is 264 g/mol. The molecule has 4 nitrogen and oxygen atoms in total. The van der Waals surface area contributed by atoms with Crippen molar-refractivity contribution in [1.82, 2.24) is 0 Å². The molecular formula is C14H21ClN2O2. The maximum absolute atomic E-state index is 11.7. The Hall–Kier alpha value is -1.26. The summed E-state index contributed by atoms with van der Waals surface area (Å²) in [5.41, 5.74) is 6.63. The highest BCUT2D eigenvalue weighted by atomic mass is 35.5. The van der Waals surface area contributed by atoms with E-state index in [-0.39, 0.29) is 11.5 Å². The number of hydrogen-bond donors (Lipinski definition) is 2. The first kappa shape index (κ1) is 15.8. The largest absolute Gasteiger partial charge is 0.397 e. The number of halogens is 1. The van der Waals surface area contributed by atoms with E-state index in [2.05, 4.69) is 5.32 Å². The van der Waals surface area contributed by atoms with E-state index in [1.165, 1.54) is 0 Å². The zero-order valence-electron chi connectivity index (χ0n) is 11.6. The van der Waals surface area contributed by atoms with Gasteiger partial charge in [0.25, 0.3) is 0 Å². The van der Waals surface area contributed by atoms with Gasteiger partial charge in [-0.3, -0.25) is 4.79 Å². The van der Waals surface area contributed by atoms with Gasteiger partial charge in [-0.1, -0.05) is 11.6 Å². The second kappa shape index (κ2) is 6.78. The fraction of sp³-hybridized carbons (Fsp3) is 0.500. The predicted molar refractivity (Wildman–Crippen MR) is 79.4 cm³/mol. The smallest absolute Gasteiger partial charge is 0.224 e. The Kier molecular flexibility index (Phi) is 5.63. The van der Waals surface area contributed by atoms with Gasteiger partial charge in [-0.05, 0) is 45.4 Å². The number of rotatable bonds is 5. The molecule has 1 aromatic carbocycles. The second-order valence-corrected chi connectivity index (χ2v) is 5.78. The quantitative estimate of drug-likeness (QED) is 0.643. The average Bonchev–Trinajstić information content (AvgIpc) is 2.28. The van der Waals surface area contributed by atoms with E-state index in [0.717, 1.165) is 0 Å². The summed E-state index contributed by atoms with van der Waals surface area (Å²) < 4.78 is 5.55. The summed E-state index contributed by atoms with van der Waals surface area (Å²) in [6.45, 7) is 6.52. The molecule has 0 unspecified atom stereocenters. The fourth-order valence-electron chi connectivity index (χ4n) is 1.46. The molecule has 0 atom stereocenters. The van der Waals surface area contributed by atoms with E-state index < -0.39 is 0 Å². The molecule has 1 rings (SSSR count). The number of nitrogen functional groups attached to an aromatic ring is 1. The maximum atomic E-state index is 11.7. The lowest BCUT2D eigenvalue weighted by Gasteiger charge is -2.19. The predicted octanol–water partition coefficient (Wildman–Crippen LogP) is 3.46. The molecule has 0 heterocycles. The molecule has 106 valence electrons. The van der Waals surface area contributed by atoms with E-state index in [4.69, 9.17) is 22.1 Å². The van der Waals surface area contributed by atoms with E-state index in [1.807, 2.05) is 20.8 Å². The van der Waals surface area contributed by atoms with Crippen LogP contribution in [0.15, 0.2) is 18.2 Å². The number of anilines is 2. The summed E-state index contributed by atoms with van der Waals surface area (Å²) in [5.74, 6) is -0.0912. The second-order valence-electron chi connectivity index (χ2n) is 5.34. The number of nitrogens with two attached hydrogens (primary N) is 1. The minimum atomic E-state index is -0.173. The van der Waals surface area contributed by atoms with Crippen LogP contribution in [0.1, 0.15) is 33.6 Å². The van der Waals surface area contributed by atoms with Gasteiger partial charge in [-0.2, -0.15) is 0 Å². The topological polar surface area (TPSA) is 64.3 Å². The fourth-order valence-corrected chi connectivity index (χ4v) is 1.63. The van der Waals surface area contributed by atoms with Gasteiger partial charge in [0.15, 0.2) is 0 Å². The lowest BCUT2D eigenvalue weighted by Crippen LogP contribution is -2.21. The highest BCUT2D eigenvalue weighted by molar-refractivity contribution is 6.31. The molecule has 0 radical (unpaired) electrons. The summed E-state index contributed by atoms with van der Waals surface area (Å²) >= 11 is 5.85. The van der Waals surface area contributed by atoms with Gasteiger partial charge in [-0.25, -0.2) is 0 Å². The van der Waals surface area contributed by atoms with Crippen molar-refractivity contribution >= 4 is 28.9 Å². The number of ether oxygens (including phenoxy) is 1. The van der Waals surface area contributed by atoms with Crippen molar-refractivity contribution in [2.24, 2.45) is 0 Å². The number of carbonyl (C=O) groups excluding carboxylic acids is 1. The molecule has 0 aliphatic carbocycles. The average molecular weight is 285 g/mol. The highest BCUT2D eigenvalue weighted by Gasteiger charge is 2.10. The summed E-state index contributed by atoms with van der Waals surface area (Å²) in [7, 11) is 0. The number of amides is 1. The standard InChI is InChI=1S/C14H21ClN2O2/c1-14(2,3)19-8-4-5-13(18)17-12-9-10(15)6-7-11(12)16/h6-7,9H,4-5,8,16H2,1-3H3,(H,17,18).